The highest BCUT2D eigenvalue weighted by molar-refractivity contribution is 5.50. The fraction of sp³-hybridized carbons (Fsp3) is 0.438. The zero-order valence-electron chi connectivity index (χ0n) is 13.2. The number of aromatic nitrogens is 3. The Morgan fingerprint density at radius 2 is 1.90 bits per heavy atom. The Balaban J connectivity index is 2.36. The smallest absolute Gasteiger partial charge is 0.156 e. The van der Waals surface area contributed by atoms with E-state index in [1.807, 2.05) is 32.0 Å². The normalized spacial score (nSPS) is 10.7. The number of nitrogens with zero attached hydrogens (tertiary/aromatic N) is 4. The van der Waals surface area contributed by atoms with Gasteiger partial charge in [0.2, 0.25) is 0 Å². The van der Waals surface area contributed by atoms with Crippen LogP contribution in [0.4, 0.5) is 5.82 Å². The largest absolute Gasteiger partial charge is 0.349 e. The molecule has 2 heterocycles. The van der Waals surface area contributed by atoms with Crippen LogP contribution in [0.3, 0.4) is 0 Å². The fourth-order valence-electron chi connectivity index (χ4n) is 2.36. The van der Waals surface area contributed by atoms with E-state index in [2.05, 4.69) is 33.9 Å². The molecule has 2 aromatic heterocycles. The molecule has 0 aromatic carbocycles. The zero-order valence-corrected chi connectivity index (χ0v) is 13.2. The lowest BCUT2D eigenvalue weighted by molar-refractivity contribution is 0.757. The molecule has 5 nitrogen and oxygen atoms in total. The van der Waals surface area contributed by atoms with Crippen molar-refractivity contribution >= 4 is 5.82 Å². The summed E-state index contributed by atoms with van der Waals surface area (Å²) < 4.78 is 0. The van der Waals surface area contributed by atoms with Crippen molar-refractivity contribution < 1.29 is 0 Å². The first-order valence-corrected chi connectivity index (χ1v) is 7.27. The van der Waals surface area contributed by atoms with Gasteiger partial charge < -0.3 is 10.6 Å². The standard InChI is InChI=1S/C16H23N5/c1-5-21(10-14-8-6-7-11(2)18-14)16-15(9-17)12(3)13(4)19-20-16/h6-8H,5,9-10,17H2,1-4H3. The highest BCUT2D eigenvalue weighted by atomic mass is 15.3. The SMILES string of the molecule is CCN(Cc1cccc(C)n1)c1nnc(C)c(C)c1CN. The van der Waals surface area contributed by atoms with Gasteiger partial charge in [0.1, 0.15) is 0 Å². The maximum absolute atomic E-state index is 5.92. The van der Waals surface area contributed by atoms with Crippen LogP contribution in [0.5, 0.6) is 0 Å². The Bertz CT molecular complexity index is 624. The van der Waals surface area contributed by atoms with E-state index in [0.717, 1.165) is 40.6 Å². The van der Waals surface area contributed by atoms with E-state index in [-0.39, 0.29) is 0 Å². The van der Waals surface area contributed by atoms with Crippen LogP contribution in [0.1, 0.15) is 35.1 Å². The summed E-state index contributed by atoms with van der Waals surface area (Å²) in [6.45, 7) is 10.1. The Morgan fingerprint density at radius 1 is 1.14 bits per heavy atom. The number of aryl methyl sites for hydroxylation is 2. The lowest BCUT2D eigenvalue weighted by atomic mass is 10.1. The highest BCUT2D eigenvalue weighted by Gasteiger charge is 2.16. The van der Waals surface area contributed by atoms with Gasteiger partial charge in [0, 0.05) is 24.3 Å². The van der Waals surface area contributed by atoms with E-state index in [9.17, 15) is 0 Å². The van der Waals surface area contributed by atoms with Gasteiger partial charge in [-0.05, 0) is 45.4 Å². The summed E-state index contributed by atoms with van der Waals surface area (Å²) in [5.74, 6) is 0.867. The van der Waals surface area contributed by atoms with Crippen molar-refractivity contribution in [2.45, 2.75) is 40.8 Å². The number of hydrogen-bond donors (Lipinski definition) is 1. The van der Waals surface area contributed by atoms with Crippen molar-refractivity contribution in [1.82, 2.24) is 15.2 Å². The molecule has 0 aliphatic heterocycles. The summed E-state index contributed by atoms with van der Waals surface area (Å²) in [7, 11) is 0. The molecular formula is C16H23N5. The van der Waals surface area contributed by atoms with Crippen molar-refractivity contribution in [2.24, 2.45) is 5.73 Å². The molecule has 21 heavy (non-hydrogen) atoms. The maximum Gasteiger partial charge on any atom is 0.156 e. The average Bonchev–Trinajstić information content (AvgIpc) is 2.48. The third-order valence-electron chi connectivity index (χ3n) is 3.74. The first-order chi connectivity index (χ1) is 10.1. The van der Waals surface area contributed by atoms with Gasteiger partial charge in [-0.3, -0.25) is 4.98 Å². The molecule has 0 radical (unpaired) electrons. The summed E-state index contributed by atoms with van der Waals surface area (Å²) in [6.07, 6.45) is 0. The molecule has 0 amide bonds. The third-order valence-corrected chi connectivity index (χ3v) is 3.74. The second-order valence-electron chi connectivity index (χ2n) is 5.20. The van der Waals surface area contributed by atoms with Crippen molar-refractivity contribution in [1.29, 1.82) is 0 Å². The van der Waals surface area contributed by atoms with Crippen LogP contribution < -0.4 is 10.6 Å². The number of hydrogen-bond acceptors (Lipinski definition) is 5. The summed E-state index contributed by atoms with van der Waals surface area (Å²) in [5, 5.41) is 8.62. The maximum atomic E-state index is 5.92. The van der Waals surface area contributed by atoms with Crippen molar-refractivity contribution in [2.75, 3.05) is 11.4 Å². The van der Waals surface area contributed by atoms with Crippen LogP contribution in [0, 0.1) is 20.8 Å². The molecule has 0 atom stereocenters. The van der Waals surface area contributed by atoms with Crippen LogP contribution in [0.15, 0.2) is 18.2 Å². The van der Waals surface area contributed by atoms with E-state index in [4.69, 9.17) is 5.73 Å². The van der Waals surface area contributed by atoms with Gasteiger partial charge in [0.05, 0.1) is 17.9 Å². The molecule has 5 heteroatoms. The summed E-state index contributed by atoms with van der Waals surface area (Å²) in [6, 6.07) is 6.06. The predicted molar refractivity (Wildman–Crippen MR) is 85.1 cm³/mol. The minimum atomic E-state index is 0.468. The number of anilines is 1. The average molecular weight is 285 g/mol. The van der Waals surface area contributed by atoms with Crippen molar-refractivity contribution in [3.63, 3.8) is 0 Å². The molecule has 0 saturated carbocycles. The van der Waals surface area contributed by atoms with Crippen molar-refractivity contribution in [3.05, 3.63) is 46.4 Å². The minimum Gasteiger partial charge on any atom is -0.349 e. The topological polar surface area (TPSA) is 67.9 Å². The van der Waals surface area contributed by atoms with Crippen LogP contribution in [-0.2, 0) is 13.1 Å². The Labute approximate surface area is 126 Å². The Hall–Kier alpha value is -2.01. The van der Waals surface area contributed by atoms with E-state index in [1.165, 1.54) is 0 Å². The second kappa shape index (κ2) is 6.63. The van der Waals surface area contributed by atoms with E-state index in [1.54, 1.807) is 0 Å². The molecule has 0 spiro atoms. The molecule has 2 N–H and O–H groups in total. The molecule has 0 aliphatic rings. The first kappa shape index (κ1) is 15.4. The summed E-state index contributed by atoms with van der Waals surface area (Å²) in [5.41, 5.74) is 11.1. The quantitative estimate of drug-likeness (QED) is 0.913. The fourth-order valence-corrected chi connectivity index (χ4v) is 2.36. The summed E-state index contributed by atoms with van der Waals surface area (Å²) in [4.78, 5) is 6.73. The molecule has 0 fully saturated rings. The van der Waals surface area contributed by atoms with Gasteiger partial charge in [-0.2, -0.15) is 5.10 Å². The molecule has 0 aliphatic carbocycles. The highest BCUT2D eigenvalue weighted by Crippen LogP contribution is 2.22. The van der Waals surface area contributed by atoms with Crippen LogP contribution in [-0.4, -0.2) is 21.7 Å². The monoisotopic (exact) mass is 285 g/mol. The molecule has 112 valence electrons. The molecule has 2 rings (SSSR count). The zero-order chi connectivity index (χ0) is 15.4. The van der Waals surface area contributed by atoms with Gasteiger partial charge in [0.25, 0.3) is 0 Å². The van der Waals surface area contributed by atoms with Crippen LogP contribution in [0.2, 0.25) is 0 Å². The van der Waals surface area contributed by atoms with Crippen LogP contribution >= 0.6 is 0 Å². The van der Waals surface area contributed by atoms with Gasteiger partial charge in [-0.25, -0.2) is 0 Å². The summed E-state index contributed by atoms with van der Waals surface area (Å²) >= 11 is 0. The number of nitrogens with two attached hydrogens (primary N) is 1. The number of pyridine rings is 1. The van der Waals surface area contributed by atoms with E-state index >= 15 is 0 Å². The van der Waals surface area contributed by atoms with Gasteiger partial charge >= 0.3 is 0 Å². The van der Waals surface area contributed by atoms with E-state index < -0.39 is 0 Å². The van der Waals surface area contributed by atoms with E-state index in [0.29, 0.717) is 13.1 Å². The Morgan fingerprint density at radius 3 is 2.52 bits per heavy atom. The van der Waals surface area contributed by atoms with Gasteiger partial charge in [0.15, 0.2) is 5.82 Å². The molecule has 2 aromatic rings. The van der Waals surface area contributed by atoms with Crippen molar-refractivity contribution in [3.8, 4) is 0 Å². The molecule has 0 saturated heterocycles. The van der Waals surface area contributed by atoms with Crippen LogP contribution in [0.25, 0.3) is 0 Å². The van der Waals surface area contributed by atoms with Gasteiger partial charge in [-0.1, -0.05) is 6.07 Å². The second-order valence-corrected chi connectivity index (χ2v) is 5.20. The Kier molecular flexibility index (Phi) is 4.85. The lowest BCUT2D eigenvalue weighted by Gasteiger charge is -2.24. The first-order valence-electron chi connectivity index (χ1n) is 7.27. The predicted octanol–water partition coefficient (Wildman–Crippen LogP) is 2.28. The minimum absolute atomic E-state index is 0.468. The lowest BCUT2D eigenvalue weighted by Crippen LogP contribution is -2.27. The third kappa shape index (κ3) is 3.36. The number of rotatable bonds is 5. The molecular weight excluding hydrogens is 262 g/mol. The van der Waals surface area contributed by atoms with Gasteiger partial charge in [-0.15, -0.1) is 5.10 Å². The molecule has 0 bridgehead atoms. The molecule has 0 unspecified atom stereocenters.